The van der Waals surface area contributed by atoms with Crippen LogP contribution in [0.25, 0.3) is 82.4 Å². The highest BCUT2D eigenvalue weighted by molar-refractivity contribution is 6.10. The lowest BCUT2D eigenvalue weighted by molar-refractivity contribution is 1.18. The fourth-order valence-corrected chi connectivity index (χ4v) is 8.85. The fourth-order valence-electron chi connectivity index (χ4n) is 8.85. The second-order valence-corrected chi connectivity index (χ2v) is 14.9. The Hall–Kier alpha value is -7.68. The Balaban J connectivity index is 1.07. The number of hydrogen-bond donors (Lipinski definition) is 0. The minimum Gasteiger partial charge on any atom is -0.310 e. The predicted octanol–water partition coefficient (Wildman–Crippen LogP) is 15.6. The van der Waals surface area contributed by atoms with Crippen molar-refractivity contribution in [3.8, 4) is 39.1 Å². The Morgan fingerprint density at radius 3 is 1.67 bits per heavy atom. The second-order valence-electron chi connectivity index (χ2n) is 14.9. The number of fused-ring (bicyclic) bond motifs is 5. The van der Waals surface area contributed by atoms with Crippen LogP contribution in [0.3, 0.4) is 0 Å². The molecule has 0 bridgehead atoms. The summed E-state index contributed by atoms with van der Waals surface area (Å²) in [6, 6.07) is 83.7. The molecule has 0 aliphatic carbocycles. The number of anilines is 3. The molecule has 0 saturated carbocycles. The summed E-state index contributed by atoms with van der Waals surface area (Å²) in [7, 11) is 0. The highest BCUT2D eigenvalue weighted by Crippen LogP contribution is 2.44. The molecule has 11 aromatic rings. The molecule has 1 aromatic heterocycles. The van der Waals surface area contributed by atoms with Crippen molar-refractivity contribution in [2.75, 3.05) is 4.90 Å². The molecule has 0 fully saturated rings. The summed E-state index contributed by atoms with van der Waals surface area (Å²) in [6.45, 7) is 0. The molecule has 0 amide bonds. The van der Waals surface area contributed by atoms with Gasteiger partial charge < -0.3 is 9.47 Å². The van der Waals surface area contributed by atoms with Crippen LogP contribution < -0.4 is 4.90 Å². The molecule has 0 N–H and O–H groups in total. The van der Waals surface area contributed by atoms with E-state index in [1.54, 1.807) is 0 Å². The maximum atomic E-state index is 2.42. The Kier molecular flexibility index (Phi) is 8.19. The van der Waals surface area contributed by atoms with Crippen molar-refractivity contribution >= 4 is 60.4 Å². The van der Waals surface area contributed by atoms with E-state index in [0.717, 1.165) is 28.3 Å². The van der Waals surface area contributed by atoms with Crippen LogP contribution >= 0.6 is 0 Å². The van der Waals surface area contributed by atoms with Gasteiger partial charge in [-0.3, -0.25) is 0 Å². The highest BCUT2D eigenvalue weighted by Gasteiger charge is 2.20. The zero-order valence-electron chi connectivity index (χ0n) is 31.8. The van der Waals surface area contributed by atoms with Gasteiger partial charge in [-0.1, -0.05) is 176 Å². The van der Waals surface area contributed by atoms with E-state index in [1.165, 1.54) is 71.2 Å². The van der Waals surface area contributed by atoms with Crippen molar-refractivity contribution < 1.29 is 0 Å². The zero-order valence-corrected chi connectivity index (χ0v) is 31.8. The Bertz CT molecular complexity index is 3230. The smallest absolute Gasteiger partial charge is 0.0541 e. The molecule has 0 saturated heterocycles. The van der Waals surface area contributed by atoms with Crippen LogP contribution in [0.1, 0.15) is 0 Å². The van der Waals surface area contributed by atoms with Crippen LogP contribution in [0.5, 0.6) is 0 Å². The van der Waals surface area contributed by atoms with E-state index in [0.29, 0.717) is 0 Å². The van der Waals surface area contributed by atoms with Gasteiger partial charge in [0.25, 0.3) is 0 Å². The first-order valence-corrected chi connectivity index (χ1v) is 19.9. The Morgan fingerprint density at radius 2 is 0.897 bits per heavy atom. The molecular weight excluding hydrogens is 701 g/mol. The van der Waals surface area contributed by atoms with Gasteiger partial charge in [-0.05, 0) is 98.6 Å². The first-order chi connectivity index (χ1) is 28.8. The van der Waals surface area contributed by atoms with Gasteiger partial charge >= 0.3 is 0 Å². The van der Waals surface area contributed by atoms with Gasteiger partial charge in [0.1, 0.15) is 0 Å². The third-order valence-corrected chi connectivity index (χ3v) is 11.6. The van der Waals surface area contributed by atoms with Gasteiger partial charge in [0, 0.05) is 33.1 Å². The highest BCUT2D eigenvalue weighted by atomic mass is 15.1. The average Bonchev–Trinajstić information content (AvgIpc) is 3.64. The molecule has 0 unspecified atom stereocenters. The molecule has 2 heteroatoms. The molecule has 0 aliphatic rings. The molecule has 10 aromatic carbocycles. The largest absolute Gasteiger partial charge is 0.310 e. The maximum absolute atomic E-state index is 2.42. The number of hydrogen-bond acceptors (Lipinski definition) is 1. The van der Waals surface area contributed by atoms with Crippen molar-refractivity contribution in [3.05, 3.63) is 231 Å². The van der Waals surface area contributed by atoms with Crippen molar-refractivity contribution in [2.45, 2.75) is 0 Å². The van der Waals surface area contributed by atoms with E-state index in [4.69, 9.17) is 0 Å². The van der Waals surface area contributed by atoms with E-state index >= 15 is 0 Å². The number of nitrogens with zero attached hydrogens (tertiary/aromatic N) is 2. The summed E-state index contributed by atoms with van der Waals surface area (Å²) >= 11 is 0. The van der Waals surface area contributed by atoms with E-state index in [-0.39, 0.29) is 0 Å². The lowest BCUT2D eigenvalue weighted by Gasteiger charge is -2.28. The maximum Gasteiger partial charge on any atom is 0.0541 e. The van der Waals surface area contributed by atoms with Crippen molar-refractivity contribution in [3.63, 3.8) is 0 Å². The summed E-state index contributed by atoms with van der Waals surface area (Å²) in [5.74, 6) is 0. The lowest BCUT2D eigenvalue weighted by atomic mass is 9.94. The number of para-hydroxylation sites is 3. The molecular formula is C56H38N2. The normalized spacial score (nSPS) is 11.4. The number of aromatic nitrogens is 1. The van der Waals surface area contributed by atoms with E-state index in [9.17, 15) is 0 Å². The lowest BCUT2D eigenvalue weighted by Crippen LogP contribution is -2.11. The van der Waals surface area contributed by atoms with E-state index < -0.39 is 0 Å². The topological polar surface area (TPSA) is 8.17 Å². The van der Waals surface area contributed by atoms with Crippen LogP contribution in [0.4, 0.5) is 17.1 Å². The van der Waals surface area contributed by atoms with E-state index in [2.05, 4.69) is 240 Å². The van der Waals surface area contributed by atoms with Crippen LogP contribution in [0.15, 0.2) is 231 Å². The number of benzene rings is 10. The first-order valence-electron chi connectivity index (χ1n) is 19.9. The predicted molar refractivity (Wildman–Crippen MR) is 247 cm³/mol. The number of rotatable bonds is 7. The summed E-state index contributed by atoms with van der Waals surface area (Å²) in [6.07, 6.45) is 0. The first kappa shape index (κ1) is 33.6. The van der Waals surface area contributed by atoms with Crippen LogP contribution in [0, 0.1) is 0 Å². The van der Waals surface area contributed by atoms with Gasteiger partial charge in [-0.2, -0.15) is 0 Å². The molecule has 0 spiro atoms. The zero-order chi connectivity index (χ0) is 38.4. The van der Waals surface area contributed by atoms with E-state index in [1.807, 2.05) is 0 Å². The quantitative estimate of drug-likeness (QED) is 0.158. The minimum atomic E-state index is 1.09. The Morgan fingerprint density at radius 1 is 0.293 bits per heavy atom. The van der Waals surface area contributed by atoms with Gasteiger partial charge in [0.2, 0.25) is 0 Å². The second kappa shape index (κ2) is 14.1. The molecule has 0 radical (unpaired) electrons. The van der Waals surface area contributed by atoms with Crippen LogP contribution in [0.2, 0.25) is 0 Å². The summed E-state index contributed by atoms with van der Waals surface area (Å²) in [5.41, 5.74) is 14.0. The molecule has 0 aliphatic heterocycles. The van der Waals surface area contributed by atoms with Crippen molar-refractivity contribution in [2.24, 2.45) is 0 Å². The molecule has 1 heterocycles. The average molecular weight is 739 g/mol. The third kappa shape index (κ3) is 5.74. The SMILES string of the molecule is c1ccc(-c2cccc(N(c3ccc(-c4ccccc4-n4c5ccccc5c5ccccc54)cc3)c3ccc(-c4ccc5ccccc5c4)c4ccccc34)c2)cc1. The molecule has 272 valence electrons. The summed E-state index contributed by atoms with van der Waals surface area (Å²) in [5, 5.41) is 7.42. The van der Waals surface area contributed by atoms with Gasteiger partial charge in [0.05, 0.1) is 22.4 Å². The molecule has 2 nitrogen and oxygen atoms in total. The molecule has 0 atom stereocenters. The monoisotopic (exact) mass is 738 g/mol. The Labute approximate surface area is 338 Å². The van der Waals surface area contributed by atoms with Crippen LogP contribution in [-0.4, -0.2) is 4.57 Å². The van der Waals surface area contributed by atoms with Crippen molar-refractivity contribution in [1.29, 1.82) is 0 Å². The van der Waals surface area contributed by atoms with Crippen LogP contribution in [-0.2, 0) is 0 Å². The van der Waals surface area contributed by atoms with Gasteiger partial charge in [0.15, 0.2) is 0 Å². The van der Waals surface area contributed by atoms with Gasteiger partial charge in [-0.15, -0.1) is 0 Å². The standard InChI is InChI=1S/C56H38N2/c1-2-15-39(16-3-1)43-19-14-20-46(38-43)57(56-36-35-47(49-22-6-7-23-50(49)56)44-30-29-40-17-4-5-18-42(40)37-44)45-33-31-41(32-34-45)48-21-8-11-26-53(48)58-54-27-12-9-24-51(54)52-25-10-13-28-55(52)58/h1-38H. The molecule has 58 heavy (non-hydrogen) atoms. The summed E-state index contributed by atoms with van der Waals surface area (Å²) in [4.78, 5) is 2.42. The molecule has 11 rings (SSSR count). The van der Waals surface area contributed by atoms with Crippen molar-refractivity contribution in [1.82, 2.24) is 4.57 Å². The summed E-state index contributed by atoms with van der Waals surface area (Å²) < 4.78 is 2.42. The third-order valence-electron chi connectivity index (χ3n) is 11.6. The van der Waals surface area contributed by atoms with Gasteiger partial charge in [-0.25, -0.2) is 0 Å². The fraction of sp³-hybridized carbons (Fsp3) is 0. The minimum absolute atomic E-state index is 1.09.